The zero-order valence-electron chi connectivity index (χ0n) is 11.6. The molecule has 5 nitrogen and oxygen atoms in total. The fraction of sp³-hybridized carbons (Fsp3) is 0.533. The predicted octanol–water partition coefficient (Wildman–Crippen LogP) is 2.28. The predicted molar refractivity (Wildman–Crippen MR) is 75.3 cm³/mol. The van der Waals surface area contributed by atoms with Gasteiger partial charge in [-0.05, 0) is 36.8 Å². The first kappa shape index (κ1) is 14.3. The van der Waals surface area contributed by atoms with Crippen LogP contribution in [-0.2, 0) is 4.79 Å². The molecular weight excluding hydrogens is 254 g/mol. The summed E-state index contributed by atoms with van der Waals surface area (Å²) in [4.78, 5) is 17.3. The van der Waals surface area contributed by atoms with Gasteiger partial charge in [-0.25, -0.2) is 4.98 Å². The highest BCUT2D eigenvalue weighted by Crippen LogP contribution is 2.28. The number of carboxylic acid groups (broad SMARTS) is 1. The summed E-state index contributed by atoms with van der Waals surface area (Å²) in [5.41, 5.74) is 0.420. The summed E-state index contributed by atoms with van der Waals surface area (Å²) >= 11 is 0. The zero-order chi connectivity index (χ0) is 14.5. The lowest BCUT2D eigenvalue weighted by molar-refractivity contribution is -0.138. The van der Waals surface area contributed by atoms with E-state index in [2.05, 4.69) is 16.0 Å². The fourth-order valence-electron chi connectivity index (χ4n) is 2.79. The van der Waals surface area contributed by atoms with Gasteiger partial charge in [0.25, 0.3) is 0 Å². The van der Waals surface area contributed by atoms with Crippen LogP contribution in [-0.4, -0.2) is 29.1 Å². The van der Waals surface area contributed by atoms with Gasteiger partial charge in [0.15, 0.2) is 0 Å². The summed E-state index contributed by atoms with van der Waals surface area (Å²) in [5.74, 6) is 0.609. The molecule has 2 atom stereocenters. The number of nitrogens with zero attached hydrogens (tertiary/aromatic N) is 3. The Kier molecular flexibility index (Phi) is 4.57. The van der Waals surface area contributed by atoms with Crippen LogP contribution in [0.2, 0.25) is 0 Å². The topological polar surface area (TPSA) is 77.2 Å². The molecule has 0 bridgehead atoms. The lowest BCUT2D eigenvalue weighted by Crippen LogP contribution is -2.38. The van der Waals surface area contributed by atoms with Gasteiger partial charge < -0.3 is 10.0 Å². The molecule has 2 heterocycles. The Hall–Kier alpha value is -2.09. The minimum atomic E-state index is -0.737. The van der Waals surface area contributed by atoms with Gasteiger partial charge >= 0.3 is 5.97 Å². The molecule has 0 amide bonds. The third-order valence-corrected chi connectivity index (χ3v) is 3.93. The summed E-state index contributed by atoms with van der Waals surface area (Å²) in [5, 5.41) is 17.8. The van der Waals surface area contributed by atoms with Gasteiger partial charge in [0, 0.05) is 19.5 Å². The Morgan fingerprint density at radius 3 is 3.15 bits per heavy atom. The molecule has 0 aromatic carbocycles. The van der Waals surface area contributed by atoms with E-state index in [0.717, 1.165) is 31.7 Å². The Morgan fingerprint density at radius 1 is 1.65 bits per heavy atom. The first-order chi connectivity index (χ1) is 9.60. The summed E-state index contributed by atoms with van der Waals surface area (Å²) in [7, 11) is 0. The van der Waals surface area contributed by atoms with Crippen LogP contribution in [0.5, 0.6) is 0 Å². The number of piperidine rings is 1. The van der Waals surface area contributed by atoms with Gasteiger partial charge in [-0.1, -0.05) is 13.0 Å². The lowest BCUT2D eigenvalue weighted by Gasteiger charge is -2.36. The highest BCUT2D eigenvalue weighted by molar-refractivity contribution is 5.67. The van der Waals surface area contributed by atoms with Crippen LogP contribution in [0.25, 0.3) is 0 Å². The average Bonchev–Trinajstić information content (AvgIpc) is 2.47. The number of anilines is 1. The molecule has 1 N–H and O–H groups in total. The van der Waals surface area contributed by atoms with Gasteiger partial charge in [-0.15, -0.1) is 0 Å². The summed E-state index contributed by atoms with van der Waals surface area (Å²) < 4.78 is 0. The van der Waals surface area contributed by atoms with E-state index in [0.29, 0.717) is 11.6 Å². The minimum Gasteiger partial charge on any atom is -0.481 e. The molecule has 1 aliphatic heterocycles. The molecule has 0 aliphatic carbocycles. The van der Waals surface area contributed by atoms with Crippen molar-refractivity contribution >= 4 is 11.8 Å². The van der Waals surface area contributed by atoms with Gasteiger partial charge in [0.05, 0.1) is 0 Å². The quantitative estimate of drug-likeness (QED) is 0.910. The van der Waals surface area contributed by atoms with E-state index < -0.39 is 5.97 Å². The molecule has 0 spiro atoms. The van der Waals surface area contributed by atoms with Crippen LogP contribution in [0.4, 0.5) is 5.82 Å². The van der Waals surface area contributed by atoms with Crippen molar-refractivity contribution in [2.45, 2.75) is 26.2 Å². The van der Waals surface area contributed by atoms with Crippen molar-refractivity contribution < 1.29 is 9.90 Å². The minimum absolute atomic E-state index is 0.162. The Balaban J connectivity index is 2.06. The Morgan fingerprint density at radius 2 is 2.45 bits per heavy atom. The van der Waals surface area contributed by atoms with E-state index in [1.54, 1.807) is 6.07 Å². The molecule has 1 aromatic rings. The van der Waals surface area contributed by atoms with Gasteiger partial charge in [-0.3, -0.25) is 4.79 Å². The highest BCUT2D eigenvalue weighted by atomic mass is 16.4. The maximum atomic E-state index is 10.8. The first-order valence-electron chi connectivity index (χ1n) is 6.94. The van der Waals surface area contributed by atoms with Gasteiger partial charge in [0.1, 0.15) is 17.6 Å². The third-order valence-electron chi connectivity index (χ3n) is 3.93. The maximum Gasteiger partial charge on any atom is 0.303 e. The number of aromatic nitrogens is 1. The first-order valence-corrected chi connectivity index (χ1v) is 6.94. The SMILES string of the molecule is CC(CC(=O)O)C1CCCN(c2cccc(C#N)n2)C1. The third kappa shape index (κ3) is 3.47. The summed E-state index contributed by atoms with van der Waals surface area (Å²) in [6.07, 6.45) is 2.31. The number of rotatable bonds is 4. The van der Waals surface area contributed by atoms with E-state index in [-0.39, 0.29) is 12.3 Å². The molecule has 1 aromatic heterocycles. The molecule has 0 saturated carbocycles. The number of hydrogen-bond acceptors (Lipinski definition) is 4. The van der Waals surface area contributed by atoms with Crippen LogP contribution in [0.1, 0.15) is 31.9 Å². The molecule has 0 radical (unpaired) electrons. The number of carbonyl (C=O) groups is 1. The number of carboxylic acids is 1. The summed E-state index contributed by atoms with van der Waals surface area (Å²) in [6, 6.07) is 7.49. The Labute approximate surface area is 118 Å². The molecular formula is C15H19N3O2. The van der Waals surface area contributed by atoms with Crippen LogP contribution in [0.3, 0.4) is 0 Å². The van der Waals surface area contributed by atoms with Gasteiger partial charge in [0.2, 0.25) is 0 Å². The summed E-state index contributed by atoms with van der Waals surface area (Å²) in [6.45, 7) is 3.73. The van der Waals surface area contributed by atoms with E-state index in [1.807, 2.05) is 19.1 Å². The number of hydrogen-bond donors (Lipinski definition) is 1. The molecule has 2 unspecified atom stereocenters. The van der Waals surface area contributed by atoms with E-state index in [4.69, 9.17) is 10.4 Å². The van der Waals surface area contributed by atoms with Crippen LogP contribution < -0.4 is 4.90 Å². The molecule has 106 valence electrons. The van der Waals surface area contributed by atoms with Gasteiger partial charge in [-0.2, -0.15) is 5.26 Å². The average molecular weight is 273 g/mol. The normalized spacial score (nSPS) is 20.2. The van der Waals surface area contributed by atoms with Crippen molar-refractivity contribution in [2.24, 2.45) is 11.8 Å². The van der Waals surface area contributed by atoms with E-state index in [9.17, 15) is 4.79 Å². The van der Waals surface area contributed by atoms with Crippen molar-refractivity contribution in [3.8, 4) is 6.07 Å². The molecule has 1 aliphatic rings. The van der Waals surface area contributed by atoms with Crippen LogP contribution in [0, 0.1) is 23.2 Å². The fourth-order valence-corrected chi connectivity index (χ4v) is 2.79. The van der Waals surface area contributed by atoms with Crippen molar-refractivity contribution in [1.82, 2.24) is 4.98 Å². The molecule has 5 heteroatoms. The molecule has 1 fully saturated rings. The van der Waals surface area contributed by atoms with E-state index in [1.165, 1.54) is 0 Å². The van der Waals surface area contributed by atoms with Crippen molar-refractivity contribution in [2.75, 3.05) is 18.0 Å². The smallest absolute Gasteiger partial charge is 0.303 e. The zero-order valence-corrected chi connectivity index (χ0v) is 11.6. The second-order valence-corrected chi connectivity index (χ2v) is 5.42. The molecule has 20 heavy (non-hydrogen) atoms. The molecule has 1 saturated heterocycles. The standard InChI is InChI=1S/C15H19N3O2/c1-11(8-15(19)20)12-4-3-7-18(10-12)14-6-2-5-13(9-16)17-14/h2,5-6,11-12H,3-4,7-8,10H2,1H3,(H,19,20). The van der Waals surface area contributed by atoms with Crippen molar-refractivity contribution in [3.05, 3.63) is 23.9 Å². The maximum absolute atomic E-state index is 10.8. The van der Waals surface area contributed by atoms with Crippen LogP contribution >= 0.6 is 0 Å². The largest absolute Gasteiger partial charge is 0.481 e. The monoisotopic (exact) mass is 273 g/mol. The molecule has 2 rings (SSSR count). The van der Waals surface area contributed by atoms with Crippen molar-refractivity contribution in [3.63, 3.8) is 0 Å². The van der Waals surface area contributed by atoms with E-state index >= 15 is 0 Å². The Bertz CT molecular complexity index is 524. The lowest BCUT2D eigenvalue weighted by atomic mass is 9.84. The number of nitriles is 1. The highest BCUT2D eigenvalue weighted by Gasteiger charge is 2.26. The number of aliphatic carboxylic acids is 1. The second-order valence-electron chi connectivity index (χ2n) is 5.42. The second kappa shape index (κ2) is 6.38. The van der Waals surface area contributed by atoms with Crippen LogP contribution in [0.15, 0.2) is 18.2 Å². The van der Waals surface area contributed by atoms with Crippen molar-refractivity contribution in [1.29, 1.82) is 5.26 Å². The number of pyridine rings is 1.